The first kappa shape index (κ1) is 20.6. The Morgan fingerprint density at radius 1 is 0.933 bits per heavy atom. The molecule has 0 aromatic heterocycles. The summed E-state index contributed by atoms with van der Waals surface area (Å²) in [6.07, 6.45) is 0. The van der Waals surface area contributed by atoms with Crippen molar-refractivity contribution in [2.75, 3.05) is 5.32 Å². The lowest BCUT2D eigenvalue weighted by molar-refractivity contribution is -0.385. The maximum absolute atomic E-state index is 12.3. The van der Waals surface area contributed by atoms with Gasteiger partial charge in [-0.15, -0.1) is 0 Å². The highest BCUT2D eigenvalue weighted by atomic mass is 35.5. The molecule has 10 nitrogen and oxygen atoms in total. The highest BCUT2D eigenvalue weighted by Crippen LogP contribution is 2.33. The van der Waals surface area contributed by atoms with Crippen LogP contribution in [0.15, 0.2) is 60.7 Å². The van der Waals surface area contributed by atoms with Crippen LogP contribution in [0.5, 0.6) is 17.2 Å². The number of anilines is 1. The Labute approximate surface area is 173 Å². The van der Waals surface area contributed by atoms with E-state index in [1.165, 1.54) is 36.4 Å². The minimum Gasteiger partial charge on any atom is -0.507 e. The summed E-state index contributed by atoms with van der Waals surface area (Å²) in [5, 5.41) is 34.0. The van der Waals surface area contributed by atoms with E-state index in [0.29, 0.717) is 11.4 Å². The molecule has 0 aliphatic rings. The molecule has 152 valence electrons. The fourth-order valence-corrected chi connectivity index (χ4v) is 2.65. The standard InChI is InChI=1S/C19H12ClN3O7/c20-16-10-13(23(28)29)4-8-18(16)30-14-5-1-11(2-6-14)21-19(25)15-9-12(22(26)27)3-7-17(15)24/h1-10,24H,(H,21,25). The van der Waals surface area contributed by atoms with E-state index in [1.807, 2.05) is 0 Å². The topological polar surface area (TPSA) is 145 Å². The van der Waals surface area contributed by atoms with Gasteiger partial charge in [0.2, 0.25) is 0 Å². The third-order valence-electron chi connectivity index (χ3n) is 3.90. The number of ether oxygens (including phenoxy) is 1. The zero-order chi connectivity index (χ0) is 21.8. The average Bonchev–Trinajstić information content (AvgIpc) is 2.70. The van der Waals surface area contributed by atoms with Gasteiger partial charge in [0.25, 0.3) is 17.3 Å². The largest absolute Gasteiger partial charge is 0.507 e. The number of nitro benzene ring substituents is 2. The van der Waals surface area contributed by atoms with E-state index in [9.17, 15) is 30.1 Å². The molecule has 0 aliphatic heterocycles. The van der Waals surface area contributed by atoms with Crippen molar-refractivity contribution in [2.45, 2.75) is 0 Å². The van der Waals surface area contributed by atoms with Gasteiger partial charge in [0.15, 0.2) is 0 Å². The number of phenols is 1. The lowest BCUT2D eigenvalue weighted by Crippen LogP contribution is -2.12. The number of halogens is 1. The average molecular weight is 430 g/mol. The van der Waals surface area contributed by atoms with Crippen molar-refractivity contribution >= 4 is 34.6 Å². The number of hydrogen-bond donors (Lipinski definition) is 2. The number of aromatic hydroxyl groups is 1. The van der Waals surface area contributed by atoms with Crippen LogP contribution in [0.25, 0.3) is 0 Å². The molecule has 11 heteroatoms. The van der Waals surface area contributed by atoms with Gasteiger partial charge in [-0.3, -0.25) is 25.0 Å². The summed E-state index contributed by atoms with van der Waals surface area (Å²) < 4.78 is 5.57. The lowest BCUT2D eigenvalue weighted by atomic mass is 10.1. The van der Waals surface area contributed by atoms with Crippen LogP contribution < -0.4 is 10.1 Å². The quantitative estimate of drug-likeness (QED) is 0.418. The summed E-state index contributed by atoms with van der Waals surface area (Å²) in [4.78, 5) is 32.7. The second kappa shape index (κ2) is 8.45. The number of carbonyl (C=O) groups excluding carboxylic acids is 1. The Morgan fingerprint density at radius 2 is 1.53 bits per heavy atom. The highest BCUT2D eigenvalue weighted by molar-refractivity contribution is 6.32. The molecule has 0 bridgehead atoms. The predicted octanol–water partition coefficient (Wildman–Crippen LogP) is 4.91. The van der Waals surface area contributed by atoms with Crippen LogP contribution in [0.4, 0.5) is 17.1 Å². The lowest BCUT2D eigenvalue weighted by Gasteiger charge is -2.10. The number of nitrogens with one attached hydrogen (secondary N) is 1. The fourth-order valence-electron chi connectivity index (χ4n) is 2.44. The van der Waals surface area contributed by atoms with Gasteiger partial charge in [0.05, 0.1) is 20.4 Å². The van der Waals surface area contributed by atoms with Gasteiger partial charge in [0.1, 0.15) is 17.2 Å². The Kier molecular flexibility index (Phi) is 5.79. The predicted molar refractivity (Wildman–Crippen MR) is 107 cm³/mol. The Bertz CT molecular complexity index is 1150. The maximum atomic E-state index is 12.3. The molecule has 0 heterocycles. The van der Waals surface area contributed by atoms with Crippen molar-refractivity contribution < 1.29 is 24.5 Å². The molecule has 0 saturated carbocycles. The zero-order valence-electron chi connectivity index (χ0n) is 14.9. The molecule has 3 aromatic rings. The Balaban J connectivity index is 1.72. The number of carbonyl (C=O) groups is 1. The minimum atomic E-state index is -0.733. The van der Waals surface area contributed by atoms with Crippen molar-refractivity contribution in [1.82, 2.24) is 0 Å². The van der Waals surface area contributed by atoms with Crippen molar-refractivity contribution in [3.05, 3.63) is 91.5 Å². The van der Waals surface area contributed by atoms with Gasteiger partial charge in [-0.1, -0.05) is 11.6 Å². The normalized spacial score (nSPS) is 10.3. The zero-order valence-corrected chi connectivity index (χ0v) is 15.7. The molecule has 1 amide bonds. The van der Waals surface area contributed by atoms with E-state index >= 15 is 0 Å². The number of hydrogen-bond acceptors (Lipinski definition) is 7. The highest BCUT2D eigenvalue weighted by Gasteiger charge is 2.17. The van der Waals surface area contributed by atoms with Crippen LogP contribution in [0.2, 0.25) is 5.02 Å². The molecule has 0 unspecified atom stereocenters. The van der Waals surface area contributed by atoms with Crippen molar-refractivity contribution in [3.8, 4) is 17.2 Å². The van der Waals surface area contributed by atoms with E-state index in [1.54, 1.807) is 0 Å². The van der Waals surface area contributed by atoms with Crippen molar-refractivity contribution in [1.29, 1.82) is 0 Å². The van der Waals surface area contributed by atoms with E-state index in [4.69, 9.17) is 16.3 Å². The summed E-state index contributed by atoms with van der Waals surface area (Å²) in [5.74, 6) is -0.573. The molecule has 30 heavy (non-hydrogen) atoms. The number of rotatable bonds is 6. The van der Waals surface area contributed by atoms with E-state index in [0.717, 1.165) is 24.3 Å². The number of phenolic OH excluding ortho intramolecular Hbond substituents is 1. The number of nitro groups is 2. The Hall–Kier alpha value is -4.18. The Morgan fingerprint density at radius 3 is 2.13 bits per heavy atom. The second-order valence-electron chi connectivity index (χ2n) is 5.91. The van der Waals surface area contributed by atoms with E-state index in [2.05, 4.69) is 5.32 Å². The molecule has 0 aliphatic carbocycles. The number of benzene rings is 3. The van der Waals surface area contributed by atoms with Crippen molar-refractivity contribution in [3.63, 3.8) is 0 Å². The third kappa shape index (κ3) is 4.62. The fraction of sp³-hybridized carbons (Fsp3) is 0. The van der Waals surface area contributed by atoms with Gasteiger partial charge in [-0.2, -0.15) is 0 Å². The molecule has 3 rings (SSSR count). The molecule has 0 fully saturated rings. The van der Waals surface area contributed by atoms with E-state index in [-0.39, 0.29) is 27.7 Å². The number of non-ortho nitro benzene ring substituents is 2. The first-order valence-corrected chi connectivity index (χ1v) is 8.63. The molecule has 0 radical (unpaired) electrons. The minimum absolute atomic E-state index is 0.0581. The first-order valence-electron chi connectivity index (χ1n) is 8.25. The van der Waals surface area contributed by atoms with Gasteiger partial charge in [-0.25, -0.2) is 0 Å². The molecular weight excluding hydrogens is 418 g/mol. The molecule has 3 aromatic carbocycles. The monoisotopic (exact) mass is 429 g/mol. The molecule has 0 atom stereocenters. The summed E-state index contributed by atoms with van der Waals surface area (Å²) in [5.41, 5.74) is -0.410. The molecule has 0 spiro atoms. The molecular formula is C19H12ClN3O7. The van der Waals surface area contributed by atoms with Crippen LogP contribution in [-0.4, -0.2) is 20.9 Å². The summed E-state index contributed by atoms with van der Waals surface area (Å²) in [7, 11) is 0. The summed E-state index contributed by atoms with van der Waals surface area (Å²) in [6, 6.07) is 12.9. The van der Waals surface area contributed by atoms with Crippen molar-refractivity contribution in [2.24, 2.45) is 0 Å². The third-order valence-corrected chi connectivity index (χ3v) is 4.20. The maximum Gasteiger partial charge on any atom is 0.271 e. The second-order valence-corrected chi connectivity index (χ2v) is 6.32. The number of amides is 1. The van der Waals surface area contributed by atoms with Gasteiger partial charge >= 0.3 is 0 Å². The van der Waals surface area contributed by atoms with Gasteiger partial charge < -0.3 is 15.2 Å². The SMILES string of the molecule is O=C(Nc1ccc(Oc2ccc([N+](=O)[O-])cc2Cl)cc1)c1cc([N+](=O)[O-])ccc1O. The summed E-state index contributed by atoms with van der Waals surface area (Å²) in [6.45, 7) is 0. The summed E-state index contributed by atoms with van der Waals surface area (Å²) >= 11 is 5.98. The molecule has 0 saturated heterocycles. The van der Waals surface area contributed by atoms with Gasteiger partial charge in [0, 0.05) is 30.0 Å². The molecule has 2 N–H and O–H groups in total. The number of nitrogens with zero attached hydrogens (tertiary/aromatic N) is 2. The van der Waals surface area contributed by atoms with Crippen LogP contribution >= 0.6 is 11.6 Å². The van der Waals surface area contributed by atoms with Gasteiger partial charge in [-0.05, 0) is 36.4 Å². The van der Waals surface area contributed by atoms with Crippen LogP contribution in [0.3, 0.4) is 0 Å². The van der Waals surface area contributed by atoms with E-state index < -0.39 is 21.5 Å². The van der Waals surface area contributed by atoms with Crippen LogP contribution in [-0.2, 0) is 0 Å². The first-order chi connectivity index (χ1) is 14.2. The smallest absolute Gasteiger partial charge is 0.271 e. The van der Waals surface area contributed by atoms with Crippen LogP contribution in [0.1, 0.15) is 10.4 Å². The van der Waals surface area contributed by atoms with Crippen LogP contribution in [0, 0.1) is 20.2 Å².